The van der Waals surface area contributed by atoms with E-state index in [9.17, 15) is 14.4 Å². The van der Waals surface area contributed by atoms with E-state index in [0.717, 1.165) is 10.5 Å². The van der Waals surface area contributed by atoms with E-state index in [1.807, 2.05) is 24.3 Å². The molecule has 1 saturated heterocycles. The van der Waals surface area contributed by atoms with Crippen LogP contribution in [-0.4, -0.2) is 17.8 Å². The van der Waals surface area contributed by atoms with Crippen LogP contribution < -0.4 is 10.2 Å². The minimum atomic E-state index is -0.785. The summed E-state index contributed by atoms with van der Waals surface area (Å²) in [6, 6.07) is 13.1. The number of carbonyl (C=O) groups is 3. The summed E-state index contributed by atoms with van der Waals surface area (Å²) < 4.78 is 0. The van der Waals surface area contributed by atoms with E-state index in [4.69, 9.17) is 11.6 Å². The van der Waals surface area contributed by atoms with Crippen molar-refractivity contribution >= 4 is 41.2 Å². The van der Waals surface area contributed by atoms with Crippen molar-refractivity contribution in [1.29, 1.82) is 0 Å². The highest BCUT2D eigenvalue weighted by Crippen LogP contribution is 2.25. The first-order valence-electron chi connectivity index (χ1n) is 8.44. The Morgan fingerprint density at radius 2 is 1.52 bits per heavy atom. The molecule has 1 fully saturated rings. The highest BCUT2D eigenvalue weighted by atomic mass is 35.5. The Hall–Kier alpha value is -2.92. The number of hydrogen-bond donors (Lipinski definition) is 1. The quantitative estimate of drug-likeness (QED) is 0.621. The van der Waals surface area contributed by atoms with Crippen LogP contribution in [-0.2, 0) is 15.0 Å². The topological polar surface area (TPSA) is 66.5 Å². The van der Waals surface area contributed by atoms with Crippen LogP contribution in [0, 0.1) is 0 Å². The Balaban J connectivity index is 1.95. The van der Waals surface area contributed by atoms with E-state index in [1.54, 1.807) is 24.3 Å². The summed E-state index contributed by atoms with van der Waals surface area (Å²) in [5.74, 6) is -1.39. The molecule has 6 heteroatoms. The number of hydrogen-bond acceptors (Lipinski definition) is 3. The second-order valence-electron chi connectivity index (χ2n) is 7.31. The van der Waals surface area contributed by atoms with Crippen LogP contribution in [0.2, 0.25) is 5.02 Å². The van der Waals surface area contributed by atoms with Crippen LogP contribution in [0.25, 0.3) is 6.08 Å². The van der Waals surface area contributed by atoms with Crippen LogP contribution in [0.3, 0.4) is 0 Å². The summed E-state index contributed by atoms with van der Waals surface area (Å²) in [5, 5.41) is 2.69. The lowest BCUT2D eigenvalue weighted by Crippen LogP contribution is -2.54. The van der Waals surface area contributed by atoms with Gasteiger partial charge in [0.25, 0.3) is 11.8 Å². The van der Waals surface area contributed by atoms with E-state index < -0.39 is 17.8 Å². The third kappa shape index (κ3) is 3.93. The molecule has 2 aromatic carbocycles. The van der Waals surface area contributed by atoms with Gasteiger partial charge in [-0.25, -0.2) is 9.69 Å². The molecule has 0 aliphatic carbocycles. The number of halogens is 1. The zero-order valence-corrected chi connectivity index (χ0v) is 16.0. The average Bonchev–Trinajstić information content (AvgIpc) is 2.60. The molecule has 0 bridgehead atoms. The van der Waals surface area contributed by atoms with Crippen molar-refractivity contribution in [3.8, 4) is 0 Å². The zero-order valence-electron chi connectivity index (χ0n) is 15.2. The number of imide groups is 2. The molecule has 2 aromatic rings. The van der Waals surface area contributed by atoms with Crippen LogP contribution in [0.1, 0.15) is 31.9 Å². The predicted octanol–water partition coefficient (Wildman–Crippen LogP) is 4.30. The van der Waals surface area contributed by atoms with Gasteiger partial charge < -0.3 is 0 Å². The Kier molecular flexibility index (Phi) is 4.89. The molecule has 4 amide bonds. The second-order valence-corrected chi connectivity index (χ2v) is 7.74. The lowest BCUT2D eigenvalue weighted by Gasteiger charge is -2.26. The molecular weight excluding hydrogens is 364 g/mol. The number of nitrogens with one attached hydrogen (secondary N) is 1. The van der Waals surface area contributed by atoms with Crippen LogP contribution in [0.4, 0.5) is 10.5 Å². The number of urea groups is 1. The van der Waals surface area contributed by atoms with E-state index in [1.165, 1.54) is 6.08 Å². The number of benzene rings is 2. The molecule has 0 aromatic heterocycles. The number of barbiturate groups is 1. The fraction of sp³-hybridized carbons (Fsp3) is 0.190. The fourth-order valence-electron chi connectivity index (χ4n) is 2.73. The van der Waals surface area contributed by atoms with E-state index in [2.05, 4.69) is 26.1 Å². The molecular formula is C21H19ClN2O3. The van der Waals surface area contributed by atoms with Crippen molar-refractivity contribution in [2.45, 2.75) is 26.2 Å². The summed E-state index contributed by atoms with van der Waals surface area (Å²) in [7, 11) is 0. The van der Waals surface area contributed by atoms with Gasteiger partial charge in [0.05, 0.1) is 5.69 Å². The Labute approximate surface area is 162 Å². The van der Waals surface area contributed by atoms with E-state index in [0.29, 0.717) is 16.3 Å². The standard InChI is InChI=1S/C21H19ClN2O3/c1-21(2,3)14-6-4-13(5-7-14)12-17-18(25)23-20(27)24(19(17)26)16-10-8-15(22)9-11-16/h4-12H,1-3H3,(H,23,25,27)/b17-12+. The van der Waals surface area contributed by atoms with Crippen molar-refractivity contribution in [3.63, 3.8) is 0 Å². The van der Waals surface area contributed by atoms with Gasteiger partial charge in [0.2, 0.25) is 0 Å². The number of rotatable bonds is 2. The maximum Gasteiger partial charge on any atom is 0.335 e. The van der Waals surface area contributed by atoms with Crippen LogP contribution >= 0.6 is 11.6 Å². The first-order valence-corrected chi connectivity index (χ1v) is 8.82. The summed E-state index contributed by atoms with van der Waals surface area (Å²) in [6.45, 7) is 6.32. The summed E-state index contributed by atoms with van der Waals surface area (Å²) in [6.07, 6.45) is 1.49. The third-order valence-electron chi connectivity index (χ3n) is 4.27. The summed E-state index contributed by atoms with van der Waals surface area (Å²) in [4.78, 5) is 38.1. The average molecular weight is 383 g/mol. The minimum absolute atomic E-state index is 0.00150. The number of carbonyl (C=O) groups excluding carboxylic acids is 3. The third-order valence-corrected chi connectivity index (χ3v) is 4.53. The van der Waals surface area contributed by atoms with Crippen molar-refractivity contribution < 1.29 is 14.4 Å². The zero-order chi connectivity index (χ0) is 19.8. The van der Waals surface area contributed by atoms with Crippen molar-refractivity contribution in [3.05, 3.63) is 70.3 Å². The fourth-order valence-corrected chi connectivity index (χ4v) is 2.85. The molecule has 3 rings (SSSR count). The Morgan fingerprint density at radius 1 is 0.926 bits per heavy atom. The van der Waals surface area contributed by atoms with Gasteiger partial charge in [-0.3, -0.25) is 14.9 Å². The maximum absolute atomic E-state index is 12.8. The number of amides is 4. The van der Waals surface area contributed by atoms with Crippen molar-refractivity contribution in [2.75, 3.05) is 4.90 Å². The lowest BCUT2D eigenvalue weighted by atomic mass is 9.86. The van der Waals surface area contributed by atoms with Gasteiger partial charge in [-0.2, -0.15) is 0 Å². The van der Waals surface area contributed by atoms with E-state index in [-0.39, 0.29) is 11.0 Å². The van der Waals surface area contributed by atoms with Crippen LogP contribution in [0.5, 0.6) is 0 Å². The van der Waals surface area contributed by atoms with Crippen molar-refractivity contribution in [1.82, 2.24) is 5.32 Å². The molecule has 1 aliphatic heterocycles. The number of anilines is 1. The lowest BCUT2D eigenvalue weighted by molar-refractivity contribution is -0.122. The molecule has 1 heterocycles. The Morgan fingerprint density at radius 3 is 2.07 bits per heavy atom. The first kappa shape index (κ1) is 18.9. The molecule has 1 N–H and O–H groups in total. The molecule has 1 aliphatic rings. The first-order chi connectivity index (χ1) is 12.7. The second kappa shape index (κ2) is 7.00. The number of nitrogens with zero attached hydrogens (tertiary/aromatic N) is 1. The van der Waals surface area contributed by atoms with Gasteiger partial charge in [0, 0.05) is 5.02 Å². The van der Waals surface area contributed by atoms with E-state index >= 15 is 0 Å². The predicted molar refractivity (Wildman–Crippen MR) is 106 cm³/mol. The minimum Gasteiger partial charge on any atom is -0.273 e. The van der Waals surface area contributed by atoms with Gasteiger partial charge in [0.15, 0.2) is 0 Å². The molecule has 0 radical (unpaired) electrons. The molecule has 138 valence electrons. The molecule has 0 spiro atoms. The van der Waals surface area contributed by atoms with Gasteiger partial charge in [-0.15, -0.1) is 0 Å². The van der Waals surface area contributed by atoms with Gasteiger partial charge >= 0.3 is 6.03 Å². The molecule has 5 nitrogen and oxygen atoms in total. The van der Waals surface area contributed by atoms with Gasteiger partial charge in [-0.1, -0.05) is 56.6 Å². The highest BCUT2D eigenvalue weighted by Gasteiger charge is 2.36. The van der Waals surface area contributed by atoms with Crippen LogP contribution in [0.15, 0.2) is 54.1 Å². The monoisotopic (exact) mass is 382 g/mol. The normalized spacial score (nSPS) is 16.7. The van der Waals surface area contributed by atoms with Gasteiger partial charge in [0.1, 0.15) is 5.57 Å². The SMILES string of the molecule is CC(C)(C)c1ccc(/C=C2\C(=O)NC(=O)N(c3ccc(Cl)cc3)C2=O)cc1. The molecule has 0 saturated carbocycles. The van der Waals surface area contributed by atoms with Crippen molar-refractivity contribution in [2.24, 2.45) is 0 Å². The highest BCUT2D eigenvalue weighted by molar-refractivity contribution is 6.39. The largest absolute Gasteiger partial charge is 0.335 e. The van der Waals surface area contributed by atoms with Gasteiger partial charge in [-0.05, 0) is 46.9 Å². The summed E-state index contributed by atoms with van der Waals surface area (Å²) in [5.41, 5.74) is 2.08. The smallest absolute Gasteiger partial charge is 0.273 e. The molecule has 0 atom stereocenters. The Bertz CT molecular complexity index is 939. The molecule has 27 heavy (non-hydrogen) atoms. The molecule has 0 unspecified atom stereocenters. The maximum atomic E-state index is 12.8. The summed E-state index contributed by atoms with van der Waals surface area (Å²) >= 11 is 5.86.